The van der Waals surface area contributed by atoms with Crippen LogP contribution < -0.4 is 5.32 Å². The zero-order valence-corrected chi connectivity index (χ0v) is 48.0. The topological polar surface area (TPSA) is 149 Å². The molecule has 0 spiro atoms. The number of carbonyl (C=O) groups excluding carboxylic acids is 1. The van der Waals surface area contributed by atoms with Crippen LogP contribution in [-0.2, 0) is 14.3 Å². The van der Waals surface area contributed by atoms with E-state index in [0.29, 0.717) is 6.42 Å². The van der Waals surface area contributed by atoms with E-state index in [2.05, 4.69) is 104 Å². The second-order valence-electron chi connectivity index (χ2n) is 21.1. The average Bonchev–Trinajstić information content (AvgIpc) is 3.41. The number of nitrogens with one attached hydrogen (secondary N) is 1. The Morgan fingerprint density at radius 2 is 0.840 bits per heavy atom. The molecule has 7 atom stereocenters. The van der Waals surface area contributed by atoms with E-state index in [1.807, 2.05) is 6.08 Å². The zero-order chi connectivity index (χ0) is 54.3. The van der Waals surface area contributed by atoms with E-state index in [1.165, 1.54) is 148 Å². The molecule has 1 heterocycles. The lowest BCUT2D eigenvalue weighted by molar-refractivity contribution is -0.302. The van der Waals surface area contributed by atoms with Crippen LogP contribution in [-0.4, -0.2) is 87.5 Å². The number of carbonyl (C=O) groups is 1. The maximum absolute atomic E-state index is 13.1. The SMILES string of the molecule is CC/C=C\C/C=C\C/C=C\C/C=C\C/C=C\CCCCCCCCCCCC(=O)NC(COC1OC(CO)C(O)C(O)C1O)C(O)/C=C/CC/C=C/CC/C=C/CCCCCCCCCCCCCCCCCCC. The molecule has 1 amide bonds. The van der Waals surface area contributed by atoms with Gasteiger partial charge in [0.1, 0.15) is 24.4 Å². The molecular formula is C66H115NO8. The molecule has 6 N–H and O–H groups in total. The number of allylic oxidation sites excluding steroid dienone is 15. The molecule has 1 aliphatic heterocycles. The van der Waals surface area contributed by atoms with Crippen molar-refractivity contribution in [2.75, 3.05) is 13.2 Å². The zero-order valence-electron chi connectivity index (χ0n) is 48.0. The number of hydrogen-bond acceptors (Lipinski definition) is 8. The van der Waals surface area contributed by atoms with Gasteiger partial charge in [-0.3, -0.25) is 4.79 Å². The summed E-state index contributed by atoms with van der Waals surface area (Å²) >= 11 is 0. The van der Waals surface area contributed by atoms with Crippen molar-refractivity contribution in [2.45, 2.75) is 301 Å². The van der Waals surface area contributed by atoms with Crippen LogP contribution >= 0.6 is 0 Å². The maximum atomic E-state index is 13.1. The molecule has 0 aromatic carbocycles. The highest BCUT2D eigenvalue weighted by Crippen LogP contribution is 2.23. The number of aliphatic hydroxyl groups is 5. The van der Waals surface area contributed by atoms with Crippen molar-refractivity contribution in [1.29, 1.82) is 0 Å². The fraction of sp³-hybridized carbons (Fsp3) is 0.742. The Morgan fingerprint density at radius 1 is 0.467 bits per heavy atom. The molecule has 0 aliphatic carbocycles. The monoisotopic (exact) mass is 1050 g/mol. The molecule has 0 aromatic rings. The number of ether oxygens (including phenoxy) is 2. The predicted molar refractivity (Wildman–Crippen MR) is 318 cm³/mol. The van der Waals surface area contributed by atoms with Gasteiger partial charge in [-0.25, -0.2) is 0 Å². The number of rotatable bonds is 52. The summed E-state index contributed by atoms with van der Waals surface area (Å²) in [5.41, 5.74) is 0. The molecule has 432 valence electrons. The molecule has 7 unspecified atom stereocenters. The smallest absolute Gasteiger partial charge is 0.220 e. The summed E-state index contributed by atoms with van der Waals surface area (Å²) in [6.07, 6.45) is 72.0. The van der Waals surface area contributed by atoms with Crippen molar-refractivity contribution in [3.8, 4) is 0 Å². The number of amides is 1. The van der Waals surface area contributed by atoms with E-state index >= 15 is 0 Å². The second-order valence-corrected chi connectivity index (χ2v) is 21.1. The van der Waals surface area contributed by atoms with Gasteiger partial charge in [0.25, 0.3) is 0 Å². The van der Waals surface area contributed by atoms with E-state index in [0.717, 1.165) is 89.9 Å². The van der Waals surface area contributed by atoms with Crippen LogP contribution in [0.4, 0.5) is 0 Å². The second kappa shape index (κ2) is 54.5. The van der Waals surface area contributed by atoms with Gasteiger partial charge < -0.3 is 40.3 Å². The van der Waals surface area contributed by atoms with Gasteiger partial charge in [-0.15, -0.1) is 0 Å². The standard InChI is InChI=1S/C66H115NO8/c1-3-5-7-9-11-13-15-17-19-21-23-25-27-29-30-32-33-35-37-39-41-43-45-47-49-51-53-55-60(69)59(58-74-66-65(73)64(72)63(71)61(57-68)75-66)67-62(70)56-54-52-50-48-46-44-42-40-38-36-34-31-28-26-24-22-20-18-16-14-12-10-8-6-4-2/h6,8,12,14,18,20,24,26,31,34,37,39,45,47,53,55,59-61,63-66,68-69,71-73H,3-5,7,9-11,13,15-17,19,21-23,25,27-30,32-33,35-36,38,40-44,46,48-52,54,56-58H2,1-2H3,(H,67,70)/b8-6-,14-12-,20-18-,26-24-,34-31-,39-37+,47-45+,55-53+. The first-order valence-corrected chi connectivity index (χ1v) is 31.0. The Hall–Kier alpha value is -2.89. The first-order valence-electron chi connectivity index (χ1n) is 31.0. The quantitative estimate of drug-likeness (QED) is 0.0261. The van der Waals surface area contributed by atoms with Gasteiger partial charge in [0, 0.05) is 6.42 Å². The summed E-state index contributed by atoms with van der Waals surface area (Å²) < 4.78 is 11.3. The molecule has 0 aromatic heterocycles. The molecule has 9 heteroatoms. The third-order valence-electron chi connectivity index (χ3n) is 14.1. The van der Waals surface area contributed by atoms with Gasteiger partial charge in [-0.1, -0.05) is 259 Å². The van der Waals surface area contributed by atoms with Crippen LogP contribution in [0, 0.1) is 0 Å². The summed E-state index contributed by atoms with van der Waals surface area (Å²) in [6, 6.07) is -0.839. The fourth-order valence-corrected chi connectivity index (χ4v) is 9.28. The Kier molecular flexibility index (Phi) is 50.9. The maximum Gasteiger partial charge on any atom is 0.220 e. The molecule has 0 radical (unpaired) electrons. The minimum atomic E-state index is -1.58. The highest BCUT2D eigenvalue weighted by molar-refractivity contribution is 5.76. The van der Waals surface area contributed by atoms with Gasteiger partial charge in [0.15, 0.2) is 6.29 Å². The molecule has 0 saturated carbocycles. The molecule has 1 fully saturated rings. The van der Waals surface area contributed by atoms with Crippen molar-refractivity contribution in [3.05, 3.63) is 97.2 Å². The van der Waals surface area contributed by atoms with Crippen LogP contribution in [0.3, 0.4) is 0 Å². The molecule has 9 nitrogen and oxygen atoms in total. The van der Waals surface area contributed by atoms with Gasteiger partial charge in [0.05, 0.1) is 25.4 Å². The largest absolute Gasteiger partial charge is 0.394 e. The Balaban J connectivity index is 2.25. The normalized spacial score (nSPS) is 19.6. The molecular weight excluding hydrogens is 935 g/mol. The molecule has 1 saturated heterocycles. The summed E-state index contributed by atoms with van der Waals surface area (Å²) in [5.74, 6) is -0.199. The summed E-state index contributed by atoms with van der Waals surface area (Å²) in [7, 11) is 0. The van der Waals surface area contributed by atoms with Gasteiger partial charge in [-0.2, -0.15) is 0 Å². The Labute approximate surface area is 460 Å². The van der Waals surface area contributed by atoms with Gasteiger partial charge in [0.2, 0.25) is 5.91 Å². The number of unbranched alkanes of at least 4 members (excludes halogenated alkanes) is 28. The fourth-order valence-electron chi connectivity index (χ4n) is 9.28. The van der Waals surface area contributed by atoms with Crippen molar-refractivity contribution in [2.24, 2.45) is 0 Å². The minimum Gasteiger partial charge on any atom is -0.394 e. The first-order chi connectivity index (χ1) is 36.8. The van der Waals surface area contributed by atoms with E-state index in [1.54, 1.807) is 6.08 Å². The number of aliphatic hydroxyl groups excluding tert-OH is 5. The van der Waals surface area contributed by atoms with Crippen LogP contribution in [0.1, 0.15) is 258 Å². The van der Waals surface area contributed by atoms with Crippen LogP contribution in [0.25, 0.3) is 0 Å². The minimum absolute atomic E-state index is 0.199. The predicted octanol–water partition coefficient (Wildman–Crippen LogP) is 16.0. The first kappa shape index (κ1) is 70.1. The van der Waals surface area contributed by atoms with E-state index in [-0.39, 0.29) is 12.5 Å². The summed E-state index contributed by atoms with van der Waals surface area (Å²) in [5, 5.41) is 54.6. The molecule has 1 rings (SSSR count). The summed E-state index contributed by atoms with van der Waals surface area (Å²) in [6.45, 7) is 3.65. The van der Waals surface area contributed by atoms with Crippen LogP contribution in [0.15, 0.2) is 97.2 Å². The van der Waals surface area contributed by atoms with Crippen molar-refractivity contribution >= 4 is 5.91 Å². The number of hydrogen-bond donors (Lipinski definition) is 6. The average molecular weight is 1050 g/mol. The highest BCUT2D eigenvalue weighted by atomic mass is 16.7. The van der Waals surface area contributed by atoms with Crippen LogP contribution in [0.2, 0.25) is 0 Å². The third kappa shape index (κ3) is 43.7. The molecule has 1 aliphatic rings. The summed E-state index contributed by atoms with van der Waals surface area (Å²) in [4.78, 5) is 13.1. The van der Waals surface area contributed by atoms with Crippen molar-refractivity contribution in [3.63, 3.8) is 0 Å². The molecule has 0 bridgehead atoms. The lowest BCUT2D eigenvalue weighted by Gasteiger charge is -2.40. The lowest BCUT2D eigenvalue weighted by Crippen LogP contribution is -2.60. The molecule has 75 heavy (non-hydrogen) atoms. The van der Waals surface area contributed by atoms with E-state index < -0.39 is 49.5 Å². The van der Waals surface area contributed by atoms with Gasteiger partial charge >= 0.3 is 0 Å². The third-order valence-corrected chi connectivity index (χ3v) is 14.1. The Morgan fingerprint density at radius 3 is 1.28 bits per heavy atom. The highest BCUT2D eigenvalue weighted by Gasteiger charge is 2.44. The van der Waals surface area contributed by atoms with E-state index in [4.69, 9.17) is 9.47 Å². The Bertz CT molecular complexity index is 1500. The van der Waals surface area contributed by atoms with Crippen molar-refractivity contribution in [1.82, 2.24) is 5.32 Å². The van der Waals surface area contributed by atoms with Gasteiger partial charge in [-0.05, 0) is 89.9 Å². The lowest BCUT2D eigenvalue weighted by atomic mass is 9.99. The van der Waals surface area contributed by atoms with E-state index in [9.17, 15) is 30.3 Å². The van der Waals surface area contributed by atoms with Crippen LogP contribution in [0.5, 0.6) is 0 Å². The van der Waals surface area contributed by atoms with Crippen molar-refractivity contribution < 1.29 is 39.8 Å².